The van der Waals surface area contributed by atoms with E-state index in [1.807, 2.05) is 25.1 Å². The second-order valence-electron chi connectivity index (χ2n) is 6.03. The van der Waals surface area contributed by atoms with Crippen LogP contribution in [0.3, 0.4) is 0 Å². The molecule has 2 amide bonds. The first-order chi connectivity index (χ1) is 12.1. The van der Waals surface area contributed by atoms with Crippen molar-refractivity contribution < 1.29 is 4.79 Å². The van der Waals surface area contributed by atoms with Crippen LogP contribution >= 0.6 is 11.3 Å². The monoisotopic (exact) mass is 355 g/mol. The second-order valence-corrected chi connectivity index (χ2v) is 7.26. The maximum Gasteiger partial charge on any atom is 0.324 e. The first kappa shape index (κ1) is 15.8. The lowest BCUT2D eigenvalue weighted by molar-refractivity contribution is 0.205. The average Bonchev–Trinajstić information content (AvgIpc) is 3.24. The van der Waals surface area contributed by atoms with Gasteiger partial charge in [0.25, 0.3) is 5.56 Å². The summed E-state index contributed by atoms with van der Waals surface area (Å²) in [6.07, 6.45) is 3.36. The van der Waals surface area contributed by atoms with Gasteiger partial charge in [-0.05, 0) is 31.9 Å². The third kappa shape index (κ3) is 3.00. The third-order valence-corrected chi connectivity index (χ3v) is 5.12. The topological polar surface area (TPSA) is 91.0 Å². The predicted molar refractivity (Wildman–Crippen MR) is 96.9 cm³/mol. The summed E-state index contributed by atoms with van der Waals surface area (Å²) in [6.45, 7) is 2.56. The molecule has 2 N–H and O–H groups in total. The molecule has 1 fully saturated rings. The van der Waals surface area contributed by atoms with Crippen molar-refractivity contribution in [2.45, 2.75) is 25.8 Å². The summed E-state index contributed by atoms with van der Waals surface area (Å²) in [5.41, 5.74) is 0.465. The van der Waals surface area contributed by atoms with Gasteiger partial charge in [-0.15, -0.1) is 11.3 Å². The van der Waals surface area contributed by atoms with Gasteiger partial charge in [-0.3, -0.25) is 10.1 Å². The van der Waals surface area contributed by atoms with Gasteiger partial charge in [-0.1, -0.05) is 12.1 Å². The van der Waals surface area contributed by atoms with Crippen molar-refractivity contribution in [1.82, 2.24) is 19.9 Å². The molecular weight excluding hydrogens is 338 g/mol. The van der Waals surface area contributed by atoms with E-state index >= 15 is 0 Å². The number of carbonyl (C=O) groups is 1. The number of nitrogens with one attached hydrogen (secondary N) is 2. The van der Waals surface area contributed by atoms with Crippen LogP contribution in [0, 0.1) is 6.92 Å². The summed E-state index contributed by atoms with van der Waals surface area (Å²) in [4.78, 5) is 39.3. The Hall–Kier alpha value is -2.74. The number of hydrogen-bond acceptors (Lipinski definition) is 5. The van der Waals surface area contributed by atoms with Gasteiger partial charge in [0.2, 0.25) is 0 Å². The standard InChI is InChI=1S/C17H17N5O2S/c1-10-9-18-16(25-10)21-17(24)22-8-4-7-13(22)14-19-12-6-3-2-5-11(12)15(23)20-14/h2-3,5-6,9,13H,4,7-8H2,1H3,(H,18,21,24)(H,19,20,23). The van der Waals surface area contributed by atoms with Crippen molar-refractivity contribution in [2.24, 2.45) is 0 Å². The van der Waals surface area contributed by atoms with E-state index in [9.17, 15) is 9.59 Å². The molecular formula is C17H17N5O2S. The molecule has 1 aliphatic rings. The molecule has 128 valence electrons. The van der Waals surface area contributed by atoms with E-state index in [0.717, 1.165) is 17.7 Å². The zero-order valence-electron chi connectivity index (χ0n) is 13.7. The lowest BCUT2D eigenvalue weighted by atomic mass is 10.2. The van der Waals surface area contributed by atoms with Crippen LogP contribution < -0.4 is 10.9 Å². The number of benzene rings is 1. The number of rotatable bonds is 2. The Bertz CT molecular complexity index is 996. The van der Waals surface area contributed by atoms with Crippen molar-refractivity contribution >= 4 is 33.4 Å². The van der Waals surface area contributed by atoms with Crippen LogP contribution in [0.1, 0.15) is 29.6 Å². The Morgan fingerprint density at radius 1 is 1.40 bits per heavy atom. The molecule has 0 bridgehead atoms. The van der Waals surface area contributed by atoms with Gasteiger partial charge in [0.1, 0.15) is 5.82 Å². The first-order valence-corrected chi connectivity index (χ1v) is 8.92. The number of likely N-dealkylation sites (tertiary alicyclic amines) is 1. The minimum Gasteiger partial charge on any atom is -0.314 e. The molecule has 1 aromatic carbocycles. The second kappa shape index (κ2) is 6.29. The average molecular weight is 355 g/mol. The summed E-state index contributed by atoms with van der Waals surface area (Å²) in [6, 6.07) is 6.76. The minimum atomic E-state index is -0.238. The predicted octanol–water partition coefficient (Wildman–Crippen LogP) is 3.06. The number of hydrogen-bond donors (Lipinski definition) is 2. The minimum absolute atomic E-state index is 0.177. The van der Waals surface area contributed by atoms with Gasteiger partial charge in [0.05, 0.1) is 16.9 Å². The molecule has 0 saturated carbocycles. The van der Waals surface area contributed by atoms with E-state index in [0.29, 0.717) is 28.4 Å². The quantitative estimate of drug-likeness (QED) is 0.739. The summed E-state index contributed by atoms with van der Waals surface area (Å²) in [5, 5.41) is 3.96. The Labute approximate surface area is 147 Å². The fraction of sp³-hybridized carbons (Fsp3) is 0.294. The highest BCUT2D eigenvalue weighted by molar-refractivity contribution is 7.15. The van der Waals surface area contributed by atoms with Crippen LogP contribution in [0.15, 0.2) is 35.3 Å². The molecule has 1 atom stereocenters. The number of aromatic nitrogens is 3. The first-order valence-electron chi connectivity index (χ1n) is 8.11. The number of aromatic amines is 1. The van der Waals surface area contributed by atoms with E-state index < -0.39 is 0 Å². The number of H-pyrrole nitrogens is 1. The molecule has 8 heteroatoms. The summed E-state index contributed by atoms with van der Waals surface area (Å²) in [7, 11) is 0. The smallest absolute Gasteiger partial charge is 0.314 e. The van der Waals surface area contributed by atoms with Crippen molar-refractivity contribution in [3.05, 3.63) is 51.5 Å². The van der Waals surface area contributed by atoms with Crippen LogP contribution in [0.25, 0.3) is 10.9 Å². The van der Waals surface area contributed by atoms with Crippen molar-refractivity contribution in [1.29, 1.82) is 0 Å². The molecule has 1 saturated heterocycles. The van der Waals surface area contributed by atoms with E-state index in [1.165, 1.54) is 11.3 Å². The largest absolute Gasteiger partial charge is 0.324 e. The van der Waals surface area contributed by atoms with Gasteiger partial charge >= 0.3 is 6.03 Å². The fourth-order valence-electron chi connectivity index (χ4n) is 3.13. The summed E-state index contributed by atoms with van der Waals surface area (Å²) >= 11 is 1.43. The highest BCUT2D eigenvalue weighted by Gasteiger charge is 2.32. The molecule has 1 aliphatic heterocycles. The fourth-order valence-corrected chi connectivity index (χ4v) is 3.79. The number of thiazole rings is 1. The van der Waals surface area contributed by atoms with Crippen LogP contribution in [0.4, 0.5) is 9.93 Å². The van der Waals surface area contributed by atoms with Crippen LogP contribution in [0.5, 0.6) is 0 Å². The molecule has 3 aromatic rings. The highest BCUT2D eigenvalue weighted by atomic mass is 32.1. The zero-order valence-corrected chi connectivity index (χ0v) is 14.5. The number of para-hydroxylation sites is 1. The Morgan fingerprint density at radius 2 is 2.24 bits per heavy atom. The molecule has 0 spiro atoms. The number of aryl methyl sites for hydroxylation is 1. The van der Waals surface area contributed by atoms with E-state index in [-0.39, 0.29) is 17.6 Å². The molecule has 7 nitrogen and oxygen atoms in total. The van der Waals surface area contributed by atoms with Crippen molar-refractivity contribution in [3.63, 3.8) is 0 Å². The molecule has 25 heavy (non-hydrogen) atoms. The molecule has 4 rings (SSSR count). The Kier molecular flexibility index (Phi) is 3.96. The highest BCUT2D eigenvalue weighted by Crippen LogP contribution is 2.31. The van der Waals surface area contributed by atoms with Crippen molar-refractivity contribution in [2.75, 3.05) is 11.9 Å². The van der Waals surface area contributed by atoms with Crippen LogP contribution in [0.2, 0.25) is 0 Å². The normalized spacial score (nSPS) is 17.2. The molecule has 3 heterocycles. The summed E-state index contributed by atoms with van der Waals surface area (Å²) < 4.78 is 0. The van der Waals surface area contributed by atoms with Crippen molar-refractivity contribution in [3.8, 4) is 0 Å². The number of urea groups is 1. The number of fused-ring (bicyclic) bond motifs is 1. The van der Waals surface area contributed by atoms with E-state index in [4.69, 9.17) is 0 Å². The lowest BCUT2D eigenvalue weighted by Gasteiger charge is -2.23. The lowest BCUT2D eigenvalue weighted by Crippen LogP contribution is -2.35. The van der Waals surface area contributed by atoms with Crippen LogP contribution in [-0.2, 0) is 0 Å². The molecule has 2 aromatic heterocycles. The number of carbonyl (C=O) groups excluding carboxylic acids is 1. The zero-order chi connectivity index (χ0) is 17.4. The molecule has 0 aliphatic carbocycles. The SMILES string of the molecule is Cc1cnc(NC(=O)N2CCCC2c2nc3ccccc3c(=O)[nH]2)s1. The Morgan fingerprint density at radius 3 is 3.04 bits per heavy atom. The number of anilines is 1. The maximum atomic E-state index is 12.6. The number of nitrogens with zero attached hydrogens (tertiary/aromatic N) is 3. The summed E-state index contributed by atoms with van der Waals surface area (Å²) in [5.74, 6) is 0.534. The molecule has 1 unspecified atom stereocenters. The van der Waals surface area contributed by atoms with E-state index in [2.05, 4.69) is 20.3 Å². The van der Waals surface area contributed by atoms with E-state index in [1.54, 1.807) is 17.2 Å². The molecule has 0 radical (unpaired) electrons. The Balaban J connectivity index is 1.63. The third-order valence-electron chi connectivity index (χ3n) is 4.30. The van der Waals surface area contributed by atoms with Gasteiger partial charge in [-0.2, -0.15) is 0 Å². The maximum absolute atomic E-state index is 12.6. The van der Waals surface area contributed by atoms with Crippen LogP contribution in [-0.4, -0.2) is 32.4 Å². The van der Waals surface area contributed by atoms with Gasteiger partial charge < -0.3 is 9.88 Å². The van der Waals surface area contributed by atoms with Gasteiger partial charge in [0, 0.05) is 17.6 Å². The van der Waals surface area contributed by atoms with Gasteiger partial charge in [-0.25, -0.2) is 14.8 Å². The van der Waals surface area contributed by atoms with Gasteiger partial charge in [0.15, 0.2) is 5.13 Å². The number of amides is 2.